The van der Waals surface area contributed by atoms with Crippen molar-refractivity contribution in [1.82, 2.24) is 20.2 Å². The van der Waals surface area contributed by atoms with Crippen LogP contribution in [0.2, 0.25) is 0 Å². The van der Waals surface area contributed by atoms with Crippen molar-refractivity contribution in [2.75, 3.05) is 38.2 Å². The molecule has 0 saturated carbocycles. The summed E-state index contributed by atoms with van der Waals surface area (Å²) < 4.78 is 37.5. The first-order chi connectivity index (χ1) is 9.20. The number of carbonyl (C=O) groups is 1. The predicted octanol–water partition coefficient (Wildman–Crippen LogP) is 0.761. The molecule has 7 nitrogen and oxygen atoms in total. The van der Waals surface area contributed by atoms with E-state index in [4.69, 9.17) is 5.73 Å². The minimum absolute atomic E-state index is 0.0519. The maximum Gasteiger partial charge on any atom is 0.433 e. The minimum Gasteiger partial charge on any atom is -0.368 e. The Labute approximate surface area is 113 Å². The smallest absolute Gasteiger partial charge is 0.368 e. The van der Waals surface area contributed by atoms with Crippen LogP contribution in [-0.2, 0) is 6.18 Å². The Bertz CT molecular complexity index is 477. The summed E-state index contributed by atoms with van der Waals surface area (Å²) in [6.07, 6.45) is -4.59. The lowest BCUT2D eigenvalue weighted by molar-refractivity contribution is -0.141. The molecule has 0 aromatic carbocycles. The summed E-state index contributed by atoms with van der Waals surface area (Å²) >= 11 is 0. The molecule has 10 heteroatoms. The summed E-state index contributed by atoms with van der Waals surface area (Å²) in [6.45, 7) is 0.426. The van der Waals surface area contributed by atoms with Crippen LogP contribution in [0.1, 0.15) is 5.69 Å². The van der Waals surface area contributed by atoms with Crippen LogP contribution >= 0.6 is 0 Å². The number of carbonyl (C=O) groups excluding carboxylic acids is 1. The van der Waals surface area contributed by atoms with E-state index >= 15 is 0 Å². The Kier molecular flexibility index (Phi) is 4.94. The van der Waals surface area contributed by atoms with E-state index in [0.717, 1.165) is 6.07 Å². The zero-order valence-electron chi connectivity index (χ0n) is 11.0. The highest BCUT2D eigenvalue weighted by atomic mass is 19.4. The van der Waals surface area contributed by atoms with Gasteiger partial charge in [-0.2, -0.15) is 18.2 Å². The van der Waals surface area contributed by atoms with E-state index in [-0.39, 0.29) is 24.9 Å². The standard InChI is InChI=1S/C10H15F3N6O/c1-19(2)9(20)16-4-3-15-7-5-6(10(11,12)13)17-8(14)18-7/h5H,3-4H2,1-2H3,(H,16,20)(H3,14,15,17,18). The van der Waals surface area contributed by atoms with Crippen molar-refractivity contribution >= 4 is 17.8 Å². The van der Waals surface area contributed by atoms with Gasteiger partial charge in [0.25, 0.3) is 0 Å². The van der Waals surface area contributed by atoms with Crippen LogP contribution in [0.4, 0.5) is 29.7 Å². The van der Waals surface area contributed by atoms with E-state index in [1.54, 1.807) is 14.1 Å². The molecule has 0 atom stereocenters. The summed E-state index contributed by atoms with van der Waals surface area (Å²) in [6, 6.07) is 0.453. The lowest BCUT2D eigenvalue weighted by Crippen LogP contribution is -2.37. The number of nitrogens with two attached hydrogens (primary N) is 1. The fourth-order valence-electron chi connectivity index (χ4n) is 1.22. The highest BCUT2D eigenvalue weighted by molar-refractivity contribution is 5.73. The van der Waals surface area contributed by atoms with Gasteiger partial charge in [0.05, 0.1) is 0 Å². The van der Waals surface area contributed by atoms with Gasteiger partial charge in [-0.3, -0.25) is 0 Å². The second kappa shape index (κ2) is 6.26. The van der Waals surface area contributed by atoms with Gasteiger partial charge < -0.3 is 21.3 Å². The highest BCUT2D eigenvalue weighted by Gasteiger charge is 2.33. The Hall–Kier alpha value is -2.26. The molecule has 0 radical (unpaired) electrons. The number of alkyl halides is 3. The van der Waals surface area contributed by atoms with E-state index < -0.39 is 17.8 Å². The molecule has 4 N–H and O–H groups in total. The van der Waals surface area contributed by atoms with E-state index in [0.29, 0.717) is 0 Å². The maximum atomic E-state index is 12.5. The lowest BCUT2D eigenvalue weighted by Gasteiger charge is -2.13. The van der Waals surface area contributed by atoms with Gasteiger partial charge in [0.1, 0.15) is 5.82 Å². The number of nitrogens with one attached hydrogen (secondary N) is 2. The highest BCUT2D eigenvalue weighted by Crippen LogP contribution is 2.29. The van der Waals surface area contributed by atoms with Crippen molar-refractivity contribution in [2.24, 2.45) is 0 Å². The maximum absolute atomic E-state index is 12.5. The molecule has 112 valence electrons. The fourth-order valence-corrected chi connectivity index (χ4v) is 1.22. The number of anilines is 2. The third-order valence-corrected chi connectivity index (χ3v) is 2.15. The van der Waals surface area contributed by atoms with E-state index in [1.807, 2.05) is 0 Å². The molecule has 1 aromatic heterocycles. The summed E-state index contributed by atoms with van der Waals surface area (Å²) in [5.74, 6) is -0.524. The summed E-state index contributed by atoms with van der Waals surface area (Å²) in [7, 11) is 3.15. The number of nitrogen functional groups attached to an aromatic ring is 1. The van der Waals surface area contributed by atoms with Gasteiger partial charge in [-0.1, -0.05) is 0 Å². The molecule has 0 bridgehead atoms. The zero-order valence-corrected chi connectivity index (χ0v) is 11.0. The summed E-state index contributed by atoms with van der Waals surface area (Å²) in [4.78, 5) is 19.3. The van der Waals surface area contributed by atoms with Crippen LogP contribution in [0.15, 0.2) is 6.07 Å². The molecule has 0 aliphatic heterocycles. The third-order valence-electron chi connectivity index (χ3n) is 2.15. The number of hydrogen-bond donors (Lipinski definition) is 3. The largest absolute Gasteiger partial charge is 0.433 e. The molecule has 0 fully saturated rings. The van der Waals surface area contributed by atoms with Crippen LogP contribution in [0, 0.1) is 0 Å². The second-order valence-corrected chi connectivity index (χ2v) is 4.05. The zero-order chi connectivity index (χ0) is 15.3. The SMILES string of the molecule is CN(C)C(=O)NCCNc1cc(C(F)(F)F)nc(N)n1. The predicted molar refractivity (Wildman–Crippen MR) is 67.0 cm³/mol. The van der Waals surface area contributed by atoms with Crippen LogP contribution in [-0.4, -0.2) is 48.1 Å². The Morgan fingerprint density at radius 1 is 1.35 bits per heavy atom. The van der Waals surface area contributed by atoms with Crippen LogP contribution in [0.5, 0.6) is 0 Å². The topological polar surface area (TPSA) is 96.2 Å². The normalized spacial score (nSPS) is 11.1. The van der Waals surface area contributed by atoms with E-state index in [1.165, 1.54) is 4.90 Å². The molecule has 1 rings (SSSR count). The fraction of sp³-hybridized carbons (Fsp3) is 0.500. The third kappa shape index (κ3) is 4.78. The van der Waals surface area contributed by atoms with E-state index in [2.05, 4.69) is 20.6 Å². The molecule has 0 aliphatic rings. The van der Waals surface area contributed by atoms with Crippen LogP contribution < -0.4 is 16.4 Å². The first kappa shape index (κ1) is 15.8. The van der Waals surface area contributed by atoms with Gasteiger partial charge in [-0.05, 0) is 0 Å². The van der Waals surface area contributed by atoms with Crippen LogP contribution in [0.25, 0.3) is 0 Å². The number of halogens is 3. The molecule has 2 amide bonds. The Balaban J connectivity index is 2.56. The van der Waals surface area contributed by atoms with Gasteiger partial charge in [0.15, 0.2) is 5.69 Å². The summed E-state index contributed by atoms with van der Waals surface area (Å²) in [5, 5.41) is 5.17. The van der Waals surface area contributed by atoms with Gasteiger partial charge in [0.2, 0.25) is 5.95 Å². The molecule has 1 aromatic rings. The van der Waals surface area contributed by atoms with Crippen molar-refractivity contribution in [2.45, 2.75) is 6.18 Å². The van der Waals surface area contributed by atoms with Crippen molar-refractivity contribution in [1.29, 1.82) is 0 Å². The number of hydrogen-bond acceptors (Lipinski definition) is 5. The molecule has 0 spiro atoms. The first-order valence-electron chi connectivity index (χ1n) is 5.61. The number of nitrogens with zero attached hydrogens (tertiary/aromatic N) is 3. The van der Waals surface area contributed by atoms with Gasteiger partial charge >= 0.3 is 12.2 Å². The molecular weight excluding hydrogens is 277 g/mol. The van der Waals surface area contributed by atoms with Crippen molar-refractivity contribution in [3.05, 3.63) is 11.8 Å². The molecule has 0 aliphatic carbocycles. The van der Waals surface area contributed by atoms with Gasteiger partial charge in [-0.15, -0.1) is 0 Å². The lowest BCUT2D eigenvalue weighted by atomic mass is 10.3. The van der Waals surface area contributed by atoms with Crippen LogP contribution in [0.3, 0.4) is 0 Å². The monoisotopic (exact) mass is 292 g/mol. The van der Waals surface area contributed by atoms with Crippen molar-refractivity contribution in [3.63, 3.8) is 0 Å². The molecule has 0 unspecified atom stereocenters. The van der Waals surface area contributed by atoms with Gasteiger partial charge in [0, 0.05) is 33.3 Å². The number of rotatable bonds is 4. The average molecular weight is 292 g/mol. The van der Waals surface area contributed by atoms with Gasteiger partial charge in [-0.25, -0.2) is 9.78 Å². The number of urea groups is 1. The minimum atomic E-state index is -4.59. The van der Waals surface area contributed by atoms with Crippen molar-refractivity contribution < 1.29 is 18.0 Å². The molecule has 1 heterocycles. The average Bonchev–Trinajstić information content (AvgIpc) is 2.32. The van der Waals surface area contributed by atoms with E-state index in [9.17, 15) is 18.0 Å². The Morgan fingerprint density at radius 2 is 2.00 bits per heavy atom. The Morgan fingerprint density at radius 3 is 2.55 bits per heavy atom. The number of amides is 2. The second-order valence-electron chi connectivity index (χ2n) is 4.05. The first-order valence-corrected chi connectivity index (χ1v) is 5.61. The molecule has 20 heavy (non-hydrogen) atoms. The van der Waals surface area contributed by atoms with Crippen molar-refractivity contribution in [3.8, 4) is 0 Å². The molecular formula is C10H15F3N6O. The summed E-state index contributed by atoms with van der Waals surface area (Å²) in [5.41, 5.74) is 4.09. The molecule has 0 saturated heterocycles. The quantitative estimate of drug-likeness (QED) is 0.712. The number of aromatic nitrogens is 2.